The molecule has 1 unspecified atom stereocenters. The number of rotatable bonds is 7. The molecule has 20 heavy (non-hydrogen) atoms. The van der Waals surface area contributed by atoms with E-state index in [1.165, 1.54) is 19.3 Å². The van der Waals surface area contributed by atoms with Gasteiger partial charge in [0.1, 0.15) is 0 Å². The zero-order valence-electron chi connectivity index (χ0n) is 12.5. The van der Waals surface area contributed by atoms with Gasteiger partial charge in [0.2, 0.25) is 0 Å². The molecule has 0 aromatic carbocycles. The molecule has 4 nitrogen and oxygen atoms in total. The number of hydrogen-bond donors (Lipinski definition) is 2. The molecule has 1 atom stereocenters. The Balaban J connectivity index is 1.96. The van der Waals surface area contributed by atoms with E-state index in [1.807, 2.05) is 12.3 Å². The van der Waals surface area contributed by atoms with Gasteiger partial charge in [0, 0.05) is 37.6 Å². The quantitative estimate of drug-likeness (QED) is 0.804. The molecule has 1 fully saturated rings. The third-order valence-corrected chi connectivity index (χ3v) is 3.97. The molecule has 4 heteroatoms. The Bertz CT molecular complexity index is 395. The molecular formula is C16H27N3O. The lowest BCUT2D eigenvalue weighted by Crippen LogP contribution is -2.39. The molecule has 112 valence electrons. The van der Waals surface area contributed by atoms with Gasteiger partial charge in [-0.1, -0.05) is 13.3 Å². The first-order chi connectivity index (χ1) is 9.83. The summed E-state index contributed by atoms with van der Waals surface area (Å²) in [5.74, 6) is 0. The molecule has 0 spiro atoms. The smallest absolute Gasteiger partial charge is 0.0564 e. The lowest BCUT2D eigenvalue weighted by atomic mass is 9.99. The van der Waals surface area contributed by atoms with Crippen LogP contribution < -0.4 is 5.32 Å². The van der Waals surface area contributed by atoms with Crippen molar-refractivity contribution in [2.75, 3.05) is 25.0 Å². The number of nitrogens with zero attached hydrogens (tertiary/aromatic N) is 2. The van der Waals surface area contributed by atoms with Crippen LogP contribution in [0.15, 0.2) is 18.3 Å². The maximum absolute atomic E-state index is 9.19. The summed E-state index contributed by atoms with van der Waals surface area (Å²) >= 11 is 0. The SMILES string of the molecule is CCCNc1ccnc(CN2CCCCC2CCO)c1. The predicted molar refractivity (Wildman–Crippen MR) is 82.8 cm³/mol. The Labute approximate surface area is 122 Å². The average Bonchev–Trinajstić information content (AvgIpc) is 2.48. The maximum atomic E-state index is 9.19. The van der Waals surface area contributed by atoms with Gasteiger partial charge in [-0.05, 0) is 44.4 Å². The molecule has 0 saturated carbocycles. The number of anilines is 1. The Morgan fingerprint density at radius 3 is 3.15 bits per heavy atom. The summed E-state index contributed by atoms with van der Waals surface area (Å²) in [4.78, 5) is 6.97. The number of nitrogens with one attached hydrogen (secondary N) is 1. The van der Waals surface area contributed by atoms with Crippen molar-refractivity contribution in [2.45, 2.75) is 51.6 Å². The van der Waals surface area contributed by atoms with Crippen molar-refractivity contribution in [1.29, 1.82) is 0 Å². The van der Waals surface area contributed by atoms with Crippen LogP contribution in [-0.4, -0.2) is 40.7 Å². The van der Waals surface area contributed by atoms with Gasteiger partial charge >= 0.3 is 0 Å². The van der Waals surface area contributed by atoms with Crippen LogP contribution in [0.1, 0.15) is 44.7 Å². The number of aromatic nitrogens is 1. The molecular weight excluding hydrogens is 250 g/mol. The second-order valence-electron chi connectivity index (χ2n) is 5.59. The summed E-state index contributed by atoms with van der Waals surface area (Å²) in [6.07, 6.45) is 7.64. The average molecular weight is 277 g/mol. The normalized spacial score (nSPS) is 20.0. The van der Waals surface area contributed by atoms with Gasteiger partial charge in [0.25, 0.3) is 0 Å². The van der Waals surface area contributed by atoms with E-state index in [9.17, 15) is 5.11 Å². The maximum Gasteiger partial charge on any atom is 0.0564 e. The largest absolute Gasteiger partial charge is 0.396 e. The standard InChI is InChI=1S/C16H27N3O/c1-2-8-17-14-6-9-18-15(12-14)13-19-10-4-3-5-16(19)7-11-20/h6,9,12,16,20H,2-5,7-8,10-11,13H2,1H3,(H,17,18). The van der Waals surface area contributed by atoms with Crippen molar-refractivity contribution in [2.24, 2.45) is 0 Å². The summed E-state index contributed by atoms with van der Waals surface area (Å²) < 4.78 is 0. The summed E-state index contributed by atoms with van der Waals surface area (Å²) in [6, 6.07) is 4.70. The van der Waals surface area contributed by atoms with Gasteiger partial charge in [0.15, 0.2) is 0 Å². The number of aliphatic hydroxyl groups is 1. The van der Waals surface area contributed by atoms with E-state index < -0.39 is 0 Å². The van der Waals surface area contributed by atoms with E-state index in [-0.39, 0.29) is 6.61 Å². The second kappa shape index (κ2) is 8.22. The number of aliphatic hydroxyl groups excluding tert-OH is 1. The molecule has 1 aromatic rings. The molecule has 0 radical (unpaired) electrons. The van der Waals surface area contributed by atoms with Crippen LogP contribution in [0, 0.1) is 0 Å². The topological polar surface area (TPSA) is 48.4 Å². The monoisotopic (exact) mass is 277 g/mol. The van der Waals surface area contributed by atoms with Crippen LogP contribution in [0.25, 0.3) is 0 Å². The van der Waals surface area contributed by atoms with E-state index in [2.05, 4.69) is 28.2 Å². The van der Waals surface area contributed by atoms with Crippen molar-refractivity contribution in [1.82, 2.24) is 9.88 Å². The van der Waals surface area contributed by atoms with Crippen LogP contribution >= 0.6 is 0 Å². The first kappa shape index (κ1) is 15.3. The van der Waals surface area contributed by atoms with E-state index in [0.29, 0.717) is 6.04 Å². The lowest BCUT2D eigenvalue weighted by Gasteiger charge is -2.35. The predicted octanol–water partition coefficient (Wildman–Crippen LogP) is 2.64. The lowest BCUT2D eigenvalue weighted by molar-refractivity contribution is 0.111. The van der Waals surface area contributed by atoms with Crippen LogP contribution in [0.4, 0.5) is 5.69 Å². The minimum Gasteiger partial charge on any atom is -0.396 e. The number of likely N-dealkylation sites (tertiary alicyclic amines) is 1. The highest BCUT2D eigenvalue weighted by Crippen LogP contribution is 2.22. The van der Waals surface area contributed by atoms with E-state index in [4.69, 9.17) is 0 Å². The number of piperidine rings is 1. The molecule has 2 N–H and O–H groups in total. The van der Waals surface area contributed by atoms with Gasteiger partial charge in [-0.15, -0.1) is 0 Å². The highest BCUT2D eigenvalue weighted by Gasteiger charge is 2.22. The van der Waals surface area contributed by atoms with Gasteiger partial charge in [0.05, 0.1) is 5.69 Å². The van der Waals surface area contributed by atoms with Crippen molar-refractivity contribution in [3.63, 3.8) is 0 Å². The highest BCUT2D eigenvalue weighted by atomic mass is 16.3. The third kappa shape index (κ3) is 4.46. The van der Waals surface area contributed by atoms with Crippen molar-refractivity contribution >= 4 is 5.69 Å². The van der Waals surface area contributed by atoms with Crippen LogP contribution in [-0.2, 0) is 6.54 Å². The third-order valence-electron chi connectivity index (χ3n) is 3.97. The molecule has 1 saturated heterocycles. The molecule has 0 aliphatic carbocycles. The van der Waals surface area contributed by atoms with Crippen LogP contribution in [0.5, 0.6) is 0 Å². The van der Waals surface area contributed by atoms with Crippen LogP contribution in [0.3, 0.4) is 0 Å². The van der Waals surface area contributed by atoms with Crippen molar-refractivity contribution < 1.29 is 5.11 Å². The van der Waals surface area contributed by atoms with Gasteiger partial charge in [-0.2, -0.15) is 0 Å². The molecule has 2 heterocycles. The van der Waals surface area contributed by atoms with E-state index in [1.54, 1.807) is 0 Å². The Hall–Kier alpha value is -1.13. The minimum atomic E-state index is 0.284. The zero-order chi connectivity index (χ0) is 14.2. The first-order valence-corrected chi connectivity index (χ1v) is 7.87. The van der Waals surface area contributed by atoms with Crippen molar-refractivity contribution in [3.05, 3.63) is 24.0 Å². The zero-order valence-corrected chi connectivity index (χ0v) is 12.5. The molecule has 1 aliphatic heterocycles. The summed E-state index contributed by atoms with van der Waals surface area (Å²) in [6.45, 7) is 5.47. The Morgan fingerprint density at radius 2 is 2.35 bits per heavy atom. The van der Waals surface area contributed by atoms with E-state index in [0.717, 1.165) is 43.9 Å². The van der Waals surface area contributed by atoms with Crippen molar-refractivity contribution in [3.8, 4) is 0 Å². The molecule has 1 aromatic heterocycles. The fourth-order valence-corrected chi connectivity index (χ4v) is 2.90. The molecule has 1 aliphatic rings. The van der Waals surface area contributed by atoms with Crippen LogP contribution in [0.2, 0.25) is 0 Å². The minimum absolute atomic E-state index is 0.284. The second-order valence-corrected chi connectivity index (χ2v) is 5.59. The Kier molecular flexibility index (Phi) is 6.27. The number of pyridine rings is 1. The summed E-state index contributed by atoms with van der Waals surface area (Å²) in [5, 5.41) is 12.6. The molecule has 0 amide bonds. The first-order valence-electron chi connectivity index (χ1n) is 7.87. The van der Waals surface area contributed by atoms with Gasteiger partial charge in [-0.3, -0.25) is 9.88 Å². The van der Waals surface area contributed by atoms with Gasteiger partial charge in [-0.25, -0.2) is 0 Å². The molecule has 2 rings (SSSR count). The van der Waals surface area contributed by atoms with Gasteiger partial charge < -0.3 is 10.4 Å². The summed E-state index contributed by atoms with van der Waals surface area (Å²) in [7, 11) is 0. The molecule has 0 bridgehead atoms. The highest BCUT2D eigenvalue weighted by molar-refractivity contribution is 5.43. The Morgan fingerprint density at radius 1 is 1.45 bits per heavy atom. The fourth-order valence-electron chi connectivity index (χ4n) is 2.90. The summed E-state index contributed by atoms with van der Waals surface area (Å²) in [5.41, 5.74) is 2.28. The number of hydrogen-bond acceptors (Lipinski definition) is 4. The van der Waals surface area contributed by atoms with E-state index >= 15 is 0 Å². The fraction of sp³-hybridized carbons (Fsp3) is 0.688.